The number of carbonyl (C=O) groups excluding carboxylic acids is 1. The van der Waals surface area contributed by atoms with Gasteiger partial charge in [-0.05, 0) is 51.4 Å². The molecule has 1 amide bonds. The number of aliphatic hydroxyl groups excluding tert-OH is 5. The summed E-state index contributed by atoms with van der Waals surface area (Å²) >= 11 is 0. The van der Waals surface area contributed by atoms with Crippen molar-refractivity contribution in [3.05, 3.63) is 36.5 Å². The second-order valence-corrected chi connectivity index (χ2v) is 20.4. The smallest absolute Gasteiger partial charge is 0.220 e. The Kier molecular flexibility index (Phi) is 46.4. The molecule has 7 unspecified atom stereocenters. The molecule has 1 rings (SSSR count). The number of amides is 1. The van der Waals surface area contributed by atoms with Crippen LogP contribution >= 0.6 is 0 Å². The summed E-state index contributed by atoms with van der Waals surface area (Å²) in [6, 6.07) is -0.717. The second kappa shape index (κ2) is 49.0. The van der Waals surface area contributed by atoms with Gasteiger partial charge in [-0.25, -0.2) is 0 Å². The SMILES string of the molecule is CCCCCCC/C=C\C/C=C\C/C=C\CCCCCCCCCCCCCCCCCCC(=O)NC(COC1OC(CO)C(O)C(O)C1O)C(O)CCCCCCCCCCCCCCCC. The number of aliphatic hydroxyl groups is 5. The van der Waals surface area contributed by atoms with E-state index in [4.69, 9.17) is 9.47 Å². The zero-order chi connectivity index (χ0) is 49.4. The van der Waals surface area contributed by atoms with E-state index in [9.17, 15) is 30.3 Å². The molecule has 9 nitrogen and oxygen atoms in total. The van der Waals surface area contributed by atoms with Gasteiger partial charge in [-0.3, -0.25) is 4.79 Å². The van der Waals surface area contributed by atoms with Crippen molar-refractivity contribution in [2.45, 2.75) is 320 Å². The van der Waals surface area contributed by atoms with Crippen LogP contribution in [0.25, 0.3) is 0 Å². The molecule has 0 aromatic rings. The summed E-state index contributed by atoms with van der Waals surface area (Å²) in [4.78, 5) is 13.1. The largest absolute Gasteiger partial charge is 0.394 e. The summed E-state index contributed by atoms with van der Waals surface area (Å²) in [5.41, 5.74) is 0. The van der Waals surface area contributed by atoms with Crippen LogP contribution in [0.3, 0.4) is 0 Å². The maximum absolute atomic E-state index is 13.1. The summed E-state index contributed by atoms with van der Waals surface area (Å²) in [5, 5.41) is 54.6. The van der Waals surface area contributed by atoms with Crippen LogP contribution in [0.5, 0.6) is 0 Å². The minimum absolute atomic E-state index is 0.136. The predicted octanol–water partition coefficient (Wildman–Crippen LogP) is 14.4. The van der Waals surface area contributed by atoms with Gasteiger partial charge in [-0.15, -0.1) is 0 Å². The average Bonchev–Trinajstić information content (AvgIpc) is 3.34. The van der Waals surface area contributed by atoms with Gasteiger partial charge < -0.3 is 40.3 Å². The highest BCUT2D eigenvalue weighted by atomic mass is 16.7. The van der Waals surface area contributed by atoms with Gasteiger partial charge >= 0.3 is 0 Å². The van der Waals surface area contributed by atoms with Crippen LogP contribution in [-0.4, -0.2) is 87.5 Å². The van der Waals surface area contributed by atoms with Crippen LogP contribution < -0.4 is 5.32 Å². The van der Waals surface area contributed by atoms with Gasteiger partial charge in [0.25, 0.3) is 0 Å². The quantitative estimate of drug-likeness (QED) is 0.0261. The summed E-state index contributed by atoms with van der Waals surface area (Å²) in [6.07, 6.45) is 56.1. The Morgan fingerprint density at radius 2 is 0.868 bits per heavy atom. The first-order chi connectivity index (χ1) is 33.3. The van der Waals surface area contributed by atoms with Crippen molar-refractivity contribution in [3.63, 3.8) is 0 Å². The van der Waals surface area contributed by atoms with Crippen molar-refractivity contribution in [3.8, 4) is 0 Å². The highest BCUT2D eigenvalue weighted by Crippen LogP contribution is 2.23. The Hall–Kier alpha value is -1.59. The van der Waals surface area contributed by atoms with Crippen molar-refractivity contribution in [1.29, 1.82) is 0 Å². The lowest BCUT2D eigenvalue weighted by molar-refractivity contribution is -0.302. The minimum atomic E-state index is -1.55. The van der Waals surface area contributed by atoms with Crippen LogP contribution in [0.1, 0.15) is 277 Å². The number of nitrogens with one attached hydrogen (secondary N) is 1. The van der Waals surface area contributed by atoms with E-state index in [2.05, 4.69) is 55.6 Å². The third kappa shape index (κ3) is 38.1. The molecule has 400 valence electrons. The summed E-state index contributed by atoms with van der Waals surface area (Å²) in [6.45, 7) is 3.84. The van der Waals surface area contributed by atoms with E-state index >= 15 is 0 Å². The fourth-order valence-corrected chi connectivity index (χ4v) is 9.35. The normalized spacial score (nSPS) is 19.8. The Bertz CT molecular complexity index is 1160. The van der Waals surface area contributed by atoms with Crippen LogP contribution in [0, 0.1) is 0 Å². The number of allylic oxidation sites excluding steroid dienone is 6. The molecular formula is C59H111NO8. The molecule has 0 bridgehead atoms. The molecule has 0 aromatic heterocycles. The number of rotatable bonds is 50. The van der Waals surface area contributed by atoms with Gasteiger partial charge in [-0.1, -0.05) is 256 Å². The van der Waals surface area contributed by atoms with E-state index in [0.29, 0.717) is 12.8 Å². The number of carbonyl (C=O) groups is 1. The van der Waals surface area contributed by atoms with E-state index in [1.54, 1.807) is 0 Å². The third-order valence-electron chi connectivity index (χ3n) is 14.0. The van der Waals surface area contributed by atoms with Crippen molar-refractivity contribution >= 4 is 5.91 Å². The monoisotopic (exact) mass is 962 g/mol. The fourth-order valence-electron chi connectivity index (χ4n) is 9.35. The molecule has 1 aliphatic heterocycles. The van der Waals surface area contributed by atoms with Gasteiger partial charge in [0.05, 0.1) is 25.4 Å². The van der Waals surface area contributed by atoms with E-state index in [-0.39, 0.29) is 12.5 Å². The minimum Gasteiger partial charge on any atom is -0.394 e. The third-order valence-corrected chi connectivity index (χ3v) is 14.0. The van der Waals surface area contributed by atoms with Gasteiger partial charge in [0.1, 0.15) is 24.4 Å². The molecular weight excluding hydrogens is 851 g/mol. The summed E-state index contributed by atoms with van der Waals surface area (Å²) < 4.78 is 11.3. The van der Waals surface area contributed by atoms with Gasteiger partial charge in [-0.2, -0.15) is 0 Å². The predicted molar refractivity (Wildman–Crippen MR) is 286 cm³/mol. The van der Waals surface area contributed by atoms with Gasteiger partial charge in [0.15, 0.2) is 6.29 Å². The van der Waals surface area contributed by atoms with Crippen molar-refractivity contribution in [1.82, 2.24) is 5.32 Å². The first-order valence-electron chi connectivity index (χ1n) is 29.2. The topological polar surface area (TPSA) is 149 Å². The van der Waals surface area contributed by atoms with Crippen molar-refractivity contribution in [2.75, 3.05) is 13.2 Å². The maximum atomic E-state index is 13.1. The molecule has 7 atom stereocenters. The van der Waals surface area contributed by atoms with E-state index in [0.717, 1.165) is 51.4 Å². The first-order valence-corrected chi connectivity index (χ1v) is 29.2. The molecule has 0 radical (unpaired) electrons. The molecule has 1 saturated heterocycles. The molecule has 1 heterocycles. The Morgan fingerprint density at radius 1 is 0.500 bits per heavy atom. The second-order valence-electron chi connectivity index (χ2n) is 20.4. The number of ether oxygens (including phenoxy) is 2. The Balaban J connectivity index is 2.13. The summed E-state index contributed by atoms with van der Waals surface area (Å²) in [5.74, 6) is -0.142. The standard InChI is InChI=1S/C59H111NO8/c1-3-5-7-9-11-13-15-17-19-20-21-22-23-24-25-26-27-28-29-30-31-32-33-34-35-37-39-41-43-45-47-49-55(63)60-52(51-67-59-58(66)57(65)56(64)54(50-61)68-59)53(62)48-46-44-42-40-38-36-18-16-14-12-10-8-6-4-2/h15,17,20-21,23-24,52-54,56-59,61-62,64-66H,3-14,16,18-19,22,25-51H2,1-2H3,(H,60,63)/b17-15-,21-20-,24-23-. The van der Waals surface area contributed by atoms with Crippen LogP contribution in [0.2, 0.25) is 0 Å². The zero-order valence-corrected chi connectivity index (χ0v) is 44.4. The summed E-state index contributed by atoms with van der Waals surface area (Å²) in [7, 11) is 0. The van der Waals surface area contributed by atoms with E-state index < -0.39 is 49.5 Å². The van der Waals surface area contributed by atoms with Crippen molar-refractivity contribution in [2.24, 2.45) is 0 Å². The van der Waals surface area contributed by atoms with Crippen molar-refractivity contribution < 1.29 is 39.8 Å². The van der Waals surface area contributed by atoms with E-state index in [1.165, 1.54) is 199 Å². The lowest BCUT2D eigenvalue weighted by Gasteiger charge is -2.40. The first kappa shape index (κ1) is 64.4. The number of hydrogen-bond acceptors (Lipinski definition) is 8. The molecule has 1 aliphatic rings. The maximum Gasteiger partial charge on any atom is 0.220 e. The zero-order valence-electron chi connectivity index (χ0n) is 44.4. The highest BCUT2D eigenvalue weighted by Gasteiger charge is 2.44. The molecule has 1 fully saturated rings. The van der Waals surface area contributed by atoms with Gasteiger partial charge in [0, 0.05) is 6.42 Å². The number of hydrogen-bond donors (Lipinski definition) is 6. The molecule has 0 aliphatic carbocycles. The highest BCUT2D eigenvalue weighted by molar-refractivity contribution is 5.76. The van der Waals surface area contributed by atoms with Gasteiger partial charge in [0.2, 0.25) is 5.91 Å². The molecule has 9 heteroatoms. The fraction of sp³-hybridized carbons (Fsp3) is 0.881. The lowest BCUT2D eigenvalue weighted by atomic mass is 9.99. The molecule has 6 N–H and O–H groups in total. The molecule has 68 heavy (non-hydrogen) atoms. The lowest BCUT2D eigenvalue weighted by Crippen LogP contribution is -2.60. The van der Waals surface area contributed by atoms with Crippen LogP contribution in [0.4, 0.5) is 0 Å². The molecule has 0 aromatic carbocycles. The molecule has 0 saturated carbocycles. The average molecular weight is 963 g/mol. The molecule has 0 spiro atoms. The van der Waals surface area contributed by atoms with Crippen LogP contribution in [0.15, 0.2) is 36.5 Å². The number of unbranched alkanes of at least 4 members (excludes halogenated alkanes) is 34. The van der Waals surface area contributed by atoms with Crippen LogP contribution in [-0.2, 0) is 14.3 Å². The Morgan fingerprint density at radius 3 is 1.28 bits per heavy atom. The van der Waals surface area contributed by atoms with E-state index in [1.807, 2.05) is 0 Å². The Labute approximate surface area is 419 Å².